The van der Waals surface area contributed by atoms with E-state index in [0.29, 0.717) is 11.6 Å². The van der Waals surface area contributed by atoms with Crippen LogP contribution >= 0.6 is 11.8 Å². The Kier molecular flexibility index (Phi) is 7.11. The largest absolute Gasteiger partial charge is 0.349 e. The first-order valence-electron chi connectivity index (χ1n) is 11.3. The van der Waals surface area contributed by atoms with Crippen molar-refractivity contribution in [1.29, 1.82) is 0 Å². The Morgan fingerprint density at radius 3 is 2.55 bits per heavy atom. The minimum absolute atomic E-state index is 0.0219. The van der Waals surface area contributed by atoms with E-state index >= 15 is 0 Å². The van der Waals surface area contributed by atoms with Gasteiger partial charge in [-0.1, -0.05) is 18.2 Å². The second kappa shape index (κ2) is 9.71. The summed E-state index contributed by atoms with van der Waals surface area (Å²) in [7, 11) is -3.11. The molecular weight excluding hydrogens is 465 g/mol. The number of thioether (sulfide) groups is 1. The van der Waals surface area contributed by atoms with E-state index in [1.807, 2.05) is 4.57 Å². The van der Waals surface area contributed by atoms with Gasteiger partial charge < -0.3 is 5.32 Å². The summed E-state index contributed by atoms with van der Waals surface area (Å²) in [6, 6.07) is 6.17. The van der Waals surface area contributed by atoms with E-state index in [0.717, 1.165) is 37.4 Å². The van der Waals surface area contributed by atoms with Crippen molar-refractivity contribution in [1.82, 2.24) is 25.0 Å². The van der Waals surface area contributed by atoms with Gasteiger partial charge in [0.15, 0.2) is 20.8 Å². The van der Waals surface area contributed by atoms with Crippen molar-refractivity contribution in [3.8, 4) is 5.69 Å². The van der Waals surface area contributed by atoms with Gasteiger partial charge in [-0.05, 0) is 70.5 Å². The van der Waals surface area contributed by atoms with Crippen LogP contribution in [-0.4, -0.2) is 69.9 Å². The van der Waals surface area contributed by atoms with E-state index in [1.165, 1.54) is 30.3 Å². The van der Waals surface area contributed by atoms with Crippen molar-refractivity contribution in [2.24, 2.45) is 0 Å². The molecule has 33 heavy (non-hydrogen) atoms. The van der Waals surface area contributed by atoms with Gasteiger partial charge in [-0.15, -0.1) is 10.2 Å². The molecule has 1 aromatic heterocycles. The summed E-state index contributed by atoms with van der Waals surface area (Å²) in [4.78, 5) is 15.0. The summed E-state index contributed by atoms with van der Waals surface area (Å²) in [5.41, 5.74) is -0.00768. The third kappa shape index (κ3) is 5.75. The third-order valence-corrected chi connectivity index (χ3v) is 9.16. The molecule has 2 aliphatic heterocycles. The lowest BCUT2D eigenvalue weighted by Gasteiger charge is -2.31. The zero-order chi connectivity index (χ0) is 23.6. The lowest BCUT2D eigenvalue weighted by atomic mass is 10.0. The zero-order valence-corrected chi connectivity index (χ0v) is 20.6. The van der Waals surface area contributed by atoms with Crippen molar-refractivity contribution in [2.75, 3.05) is 30.3 Å². The fourth-order valence-corrected chi connectivity index (χ4v) is 7.41. The number of piperidine rings is 1. The van der Waals surface area contributed by atoms with Crippen LogP contribution in [0.1, 0.15) is 51.4 Å². The molecule has 2 atom stereocenters. The smallest absolute Gasteiger partial charge is 0.230 e. The number of carbonyl (C=O) groups is 1. The minimum atomic E-state index is -3.11. The number of halogens is 1. The molecule has 11 heteroatoms. The number of nitrogens with zero attached hydrogens (tertiary/aromatic N) is 4. The number of aromatic nitrogens is 3. The molecule has 2 saturated heterocycles. The SMILES string of the molecule is C[C@@H](c1nnc(SCC(=O)N[C@@]2(C)CCS(=O)(=O)C2)n1-c1ccc(F)cc1)N1CCCCC1. The minimum Gasteiger partial charge on any atom is -0.349 e. The van der Waals surface area contributed by atoms with Gasteiger partial charge in [0, 0.05) is 5.69 Å². The second-order valence-corrected chi connectivity index (χ2v) is 12.3. The van der Waals surface area contributed by atoms with Crippen molar-refractivity contribution >= 4 is 27.5 Å². The average molecular weight is 496 g/mol. The maximum Gasteiger partial charge on any atom is 0.230 e. The van der Waals surface area contributed by atoms with E-state index in [1.54, 1.807) is 19.1 Å². The highest BCUT2D eigenvalue weighted by Gasteiger charge is 2.39. The molecule has 1 N–H and O–H groups in total. The van der Waals surface area contributed by atoms with E-state index < -0.39 is 15.4 Å². The van der Waals surface area contributed by atoms with Gasteiger partial charge in [-0.2, -0.15) is 0 Å². The molecule has 8 nitrogen and oxygen atoms in total. The van der Waals surface area contributed by atoms with Gasteiger partial charge in [0.2, 0.25) is 5.91 Å². The van der Waals surface area contributed by atoms with Gasteiger partial charge in [0.1, 0.15) is 5.82 Å². The van der Waals surface area contributed by atoms with Crippen LogP contribution in [0.15, 0.2) is 29.4 Å². The molecule has 0 unspecified atom stereocenters. The summed E-state index contributed by atoms with van der Waals surface area (Å²) >= 11 is 1.24. The maximum atomic E-state index is 13.6. The number of benzene rings is 1. The molecule has 0 spiro atoms. The highest BCUT2D eigenvalue weighted by molar-refractivity contribution is 7.99. The molecule has 0 saturated carbocycles. The summed E-state index contributed by atoms with van der Waals surface area (Å²) in [6.45, 7) is 5.84. The van der Waals surface area contributed by atoms with E-state index in [9.17, 15) is 17.6 Å². The molecule has 0 radical (unpaired) electrons. The van der Waals surface area contributed by atoms with Gasteiger partial charge in [-0.25, -0.2) is 12.8 Å². The number of likely N-dealkylation sites (tertiary alicyclic amines) is 1. The Balaban J connectivity index is 1.53. The summed E-state index contributed by atoms with van der Waals surface area (Å²) in [6.07, 6.45) is 3.93. The Morgan fingerprint density at radius 1 is 1.21 bits per heavy atom. The number of amides is 1. The van der Waals surface area contributed by atoms with E-state index in [-0.39, 0.29) is 35.0 Å². The van der Waals surface area contributed by atoms with Crippen LogP contribution in [0.25, 0.3) is 5.69 Å². The van der Waals surface area contributed by atoms with Crippen molar-refractivity contribution in [2.45, 2.75) is 56.3 Å². The fourth-order valence-electron chi connectivity index (χ4n) is 4.56. The Morgan fingerprint density at radius 2 is 1.91 bits per heavy atom. The highest BCUT2D eigenvalue weighted by atomic mass is 32.2. The number of hydrogen-bond donors (Lipinski definition) is 1. The average Bonchev–Trinajstić information content (AvgIpc) is 3.32. The Labute approximate surface area is 198 Å². The number of sulfone groups is 1. The summed E-state index contributed by atoms with van der Waals surface area (Å²) < 4.78 is 39.1. The van der Waals surface area contributed by atoms with Crippen LogP contribution in [0, 0.1) is 5.82 Å². The van der Waals surface area contributed by atoms with Crippen LogP contribution < -0.4 is 5.32 Å². The van der Waals surface area contributed by atoms with Gasteiger partial charge in [-0.3, -0.25) is 14.3 Å². The molecule has 2 aliphatic rings. The predicted octanol–water partition coefficient (Wildman–Crippen LogP) is 2.74. The molecule has 1 aromatic carbocycles. The third-order valence-electron chi connectivity index (χ3n) is 6.33. The molecule has 1 amide bonds. The van der Waals surface area contributed by atoms with Crippen LogP contribution in [-0.2, 0) is 14.6 Å². The number of carbonyl (C=O) groups excluding carboxylic acids is 1. The molecule has 180 valence electrons. The van der Waals surface area contributed by atoms with Crippen LogP contribution in [0.3, 0.4) is 0 Å². The van der Waals surface area contributed by atoms with Crippen LogP contribution in [0.4, 0.5) is 4.39 Å². The highest BCUT2D eigenvalue weighted by Crippen LogP contribution is 2.30. The Hall–Kier alpha value is -1.98. The molecule has 0 aliphatic carbocycles. The monoisotopic (exact) mass is 495 g/mol. The first-order valence-corrected chi connectivity index (χ1v) is 14.1. The molecule has 2 aromatic rings. The summed E-state index contributed by atoms with van der Waals surface area (Å²) in [5, 5.41) is 12.2. The number of rotatable bonds is 7. The standard InChI is InChI=1S/C22H30FN5O3S2/c1-16(27-11-4-3-5-12-27)20-25-26-21(28(20)18-8-6-17(23)7-9-18)32-14-19(29)24-22(2)10-13-33(30,31)15-22/h6-9,16H,3-5,10-15H2,1-2H3,(H,24,29)/t16-,22-/m0/s1. The van der Waals surface area contributed by atoms with E-state index in [4.69, 9.17) is 0 Å². The topological polar surface area (TPSA) is 97.2 Å². The van der Waals surface area contributed by atoms with Gasteiger partial charge in [0.05, 0.1) is 28.8 Å². The van der Waals surface area contributed by atoms with Gasteiger partial charge >= 0.3 is 0 Å². The first-order chi connectivity index (χ1) is 15.7. The molecule has 3 heterocycles. The normalized spacial score (nSPS) is 24.0. The van der Waals surface area contributed by atoms with Gasteiger partial charge in [0.25, 0.3) is 0 Å². The molecule has 4 rings (SSSR count). The predicted molar refractivity (Wildman–Crippen MR) is 126 cm³/mol. The quantitative estimate of drug-likeness (QED) is 0.590. The van der Waals surface area contributed by atoms with Crippen LogP contribution in [0.5, 0.6) is 0 Å². The van der Waals surface area contributed by atoms with Crippen LogP contribution in [0.2, 0.25) is 0 Å². The molecule has 0 bridgehead atoms. The van der Waals surface area contributed by atoms with Crippen molar-refractivity contribution < 1.29 is 17.6 Å². The fraction of sp³-hybridized carbons (Fsp3) is 0.591. The second-order valence-electron chi connectivity index (χ2n) is 9.16. The van der Waals surface area contributed by atoms with Crippen molar-refractivity contribution in [3.63, 3.8) is 0 Å². The number of nitrogens with one attached hydrogen (secondary N) is 1. The maximum absolute atomic E-state index is 13.6. The zero-order valence-electron chi connectivity index (χ0n) is 19.0. The van der Waals surface area contributed by atoms with Crippen molar-refractivity contribution in [3.05, 3.63) is 35.9 Å². The lowest BCUT2D eigenvalue weighted by Crippen LogP contribution is -2.47. The Bertz CT molecular complexity index is 1100. The molecular formula is C22H30FN5O3S2. The lowest BCUT2D eigenvalue weighted by molar-refractivity contribution is -0.120. The van der Waals surface area contributed by atoms with E-state index in [2.05, 4.69) is 27.3 Å². The molecule has 2 fully saturated rings. The summed E-state index contributed by atoms with van der Waals surface area (Å²) in [5.74, 6) is 0.297. The number of hydrogen-bond acceptors (Lipinski definition) is 7. The first kappa shape index (κ1) is 24.2.